The standard InChI is InChI=1S/C12H13N3O4S/c1-3-19-12(16)7(2)14-8-4-5-9-10(13-6-20-9)11(8)15(17)18/h4-7,14H,3H2,1-2H3. The Bertz CT molecular complexity index is 655. The molecule has 0 saturated carbocycles. The molecule has 1 atom stereocenters. The fourth-order valence-electron chi connectivity index (χ4n) is 1.78. The van der Waals surface area contributed by atoms with E-state index in [-0.39, 0.29) is 18.0 Å². The first-order valence-corrected chi connectivity index (χ1v) is 6.86. The molecule has 0 spiro atoms. The number of esters is 1. The quantitative estimate of drug-likeness (QED) is 0.517. The summed E-state index contributed by atoms with van der Waals surface area (Å²) in [6.45, 7) is 3.55. The molecule has 0 saturated heterocycles. The summed E-state index contributed by atoms with van der Waals surface area (Å²) in [4.78, 5) is 26.3. The largest absolute Gasteiger partial charge is 0.464 e. The van der Waals surface area contributed by atoms with E-state index in [4.69, 9.17) is 4.74 Å². The molecule has 1 aromatic heterocycles. The predicted molar refractivity (Wildman–Crippen MR) is 76.0 cm³/mol. The number of nitro groups is 1. The Labute approximate surface area is 118 Å². The van der Waals surface area contributed by atoms with E-state index >= 15 is 0 Å². The van der Waals surface area contributed by atoms with Gasteiger partial charge in [-0.3, -0.25) is 10.1 Å². The molecule has 1 aromatic carbocycles. The van der Waals surface area contributed by atoms with Gasteiger partial charge in [-0.2, -0.15) is 0 Å². The van der Waals surface area contributed by atoms with Crippen molar-refractivity contribution in [3.63, 3.8) is 0 Å². The maximum atomic E-state index is 11.6. The van der Waals surface area contributed by atoms with Crippen LogP contribution in [-0.2, 0) is 9.53 Å². The molecule has 0 aliphatic rings. The first kappa shape index (κ1) is 14.2. The van der Waals surface area contributed by atoms with Gasteiger partial charge in [-0.15, -0.1) is 11.3 Å². The fourth-order valence-corrected chi connectivity index (χ4v) is 2.46. The van der Waals surface area contributed by atoms with Gasteiger partial charge >= 0.3 is 11.7 Å². The fraction of sp³-hybridized carbons (Fsp3) is 0.333. The number of carbonyl (C=O) groups is 1. The number of anilines is 1. The number of benzene rings is 1. The maximum absolute atomic E-state index is 11.6. The number of aromatic nitrogens is 1. The number of hydrogen-bond donors (Lipinski definition) is 1. The zero-order chi connectivity index (χ0) is 14.7. The number of thiazole rings is 1. The molecule has 106 valence electrons. The SMILES string of the molecule is CCOC(=O)C(C)Nc1ccc2scnc2c1[N+](=O)[O-]. The number of nitro benzene ring substituents is 1. The van der Waals surface area contributed by atoms with Gasteiger partial charge in [-0.1, -0.05) is 0 Å². The topological polar surface area (TPSA) is 94.4 Å². The third kappa shape index (κ3) is 2.69. The van der Waals surface area contributed by atoms with E-state index in [1.54, 1.807) is 31.5 Å². The summed E-state index contributed by atoms with van der Waals surface area (Å²) < 4.78 is 5.59. The number of fused-ring (bicyclic) bond motifs is 1. The number of hydrogen-bond acceptors (Lipinski definition) is 7. The minimum absolute atomic E-state index is 0.125. The molecule has 0 radical (unpaired) electrons. The molecular formula is C12H13N3O4S. The van der Waals surface area contributed by atoms with E-state index in [0.29, 0.717) is 5.52 Å². The molecule has 8 heteroatoms. The van der Waals surface area contributed by atoms with Gasteiger partial charge in [0.05, 0.1) is 21.7 Å². The van der Waals surface area contributed by atoms with Gasteiger partial charge in [-0.05, 0) is 26.0 Å². The second kappa shape index (κ2) is 5.83. The Morgan fingerprint density at radius 3 is 3.00 bits per heavy atom. The zero-order valence-corrected chi connectivity index (χ0v) is 11.8. The molecule has 1 N–H and O–H groups in total. The lowest BCUT2D eigenvalue weighted by molar-refractivity contribution is -0.382. The molecule has 0 aliphatic carbocycles. The molecule has 1 heterocycles. The second-order valence-corrected chi connectivity index (χ2v) is 4.92. The monoisotopic (exact) mass is 295 g/mol. The molecule has 0 aliphatic heterocycles. The van der Waals surface area contributed by atoms with Crippen LogP contribution < -0.4 is 5.32 Å². The first-order valence-electron chi connectivity index (χ1n) is 5.98. The average Bonchev–Trinajstić information content (AvgIpc) is 2.86. The Kier molecular flexibility index (Phi) is 4.14. The number of rotatable bonds is 5. The highest BCUT2D eigenvalue weighted by Crippen LogP contribution is 2.34. The van der Waals surface area contributed by atoms with Gasteiger partial charge in [-0.25, -0.2) is 9.78 Å². The van der Waals surface area contributed by atoms with Gasteiger partial charge in [0, 0.05) is 0 Å². The van der Waals surface area contributed by atoms with Gasteiger partial charge < -0.3 is 10.1 Å². The van der Waals surface area contributed by atoms with Gasteiger partial charge in [0.2, 0.25) is 0 Å². The molecule has 0 fully saturated rings. The van der Waals surface area contributed by atoms with Crippen molar-refractivity contribution in [2.24, 2.45) is 0 Å². The highest BCUT2D eigenvalue weighted by molar-refractivity contribution is 7.16. The van der Waals surface area contributed by atoms with Crippen molar-refractivity contribution >= 4 is 38.9 Å². The van der Waals surface area contributed by atoms with Crippen molar-refractivity contribution < 1.29 is 14.5 Å². The van der Waals surface area contributed by atoms with Gasteiger partial charge in [0.1, 0.15) is 11.7 Å². The van der Waals surface area contributed by atoms with E-state index in [9.17, 15) is 14.9 Å². The summed E-state index contributed by atoms with van der Waals surface area (Å²) in [5.41, 5.74) is 2.01. The van der Waals surface area contributed by atoms with E-state index in [1.165, 1.54) is 11.3 Å². The van der Waals surface area contributed by atoms with Crippen molar-refractivity contribution in [1.29, 1.82) is 0 Å². The van der Waals surface area contributed by atoms with Crippen molar-refractivity contribution in [2.45, 2.75) is 19.9 Å². The van der Waals surface area contributed by atoms with Crippen molar-refractivity contribution in [3.05, 3.63) is 27.8 Å². The Balaban J connectivity index is 2.36. The van der Waals surface area contributed by atoms with Crippen LogP contribution in [-0.4, -0.2) is 28.5 Å². The Morgan fingerprint density at radius 2 is 2.35 bits per heavy atom. The van der Waals surface area contributed by atoms with E-state index in [2.05, 4.69) is 10.3 Å². The van der Waals surface area contributed by atoms with Crippen LogP contribution in [0, 0.1) is 10.1 Å². The van der Waals surface area contributed by atoms with Gasteiger partial charge in [0.25, 0.3) is 0 Å². The molecular weight excluding hydrogens is 282 g/mol. The van der Waals surface area contributed by atoms with E-state index in [1.807, 2.05) is 0 Å². The predicted octanol–water partition coefficient (Wildman–Crippen LogP) is 2.57. The smallest absolute Gasteiger partial charge is 0.328 e. The number of nitrogens with one attached hydrogen (secondary N) is 1. The molecule has 0 bridgehead atoms. The lowest BCUT2D eigenvalue weighted by Gasteiger charge is -2.13. The normalized spacial score (nSPS) is 12.1. The van der Waals surface area contributed by atoms with Crippen LogP contribution in [0.5, 0.6) is 0 Å². The average molecular weight is 295 g/mol. The van der Waals surface area contributed by atoms with Crippen LogP contribution in [0.2, 0.25) is 0 Å². The summed E-state index contributed by atoms with van der Waals surface area (Å²) in [6.07, 6.45) is 0. The minimum atomic E-state index is -0.676. The van der Waals surface area contributed by atoms with Gasteiger partial charge in [0.15, 0.2) is 5.52 Å². The molecule has 1 unspecified atom stereocenters. The third-order valence-electron chi connectivity index (χ3n) is 2.67. The van der Waals surface area contributed by atoms with Crippen LogP contribution >= 0.6 is 11.3 Å². The van der Waals surface area contributed by atoms with Crippen molar-refractivity contribution in [1.82, 2.24) is 4.98 Å². The van der Waals surface area contributed by atoms with E-state index in [0.717, 1.165) is 4.70 Å². The van der Waals surface area contributed by atoms with Crippen molar-refractivity contribution in [3.8, 4) is 0 Å². The van der Waals surface area contributed by atoms with Crippen LogP contribution in [0.25, 0.3) is 10.2 Å². The molecule has 2 rings (SSSR count). The zero-order valence-electron chi connectivity index (χ0n) is 11.0. The summed E-state index contributed by atoms with van der Waals surface area (Å²) >= 11 is 1.33. The molecule has 7 nitrogen and oxygen atoms in total. The first-order chi connectivity index (χ1) is 9.54. The van der Waals surface area contributed by atoms with Crippen molar-refractivity contribution in [2.75, 3.05) is 11.9 Å². The molecule has 2 aromatic rings. The van der Waals surface area contributed by atoms with Crippen LogP contribution in [0.15, 0.2) is 17.6 Å². The summed E-state index contributed by atoms with van der Waals surface area (Å²) in [6, 6.07) is 2.64. The summed E-state index contributed by atoms with van der Waals surface area (Å²) in [5, 5.41) is 14.0. The Morgan fingerprint density at radius 1 is 1.60 bits per heavy atom. The third-order valence-corrected chi connectivity index (χ3v) is 3.46. The molecule has 20 heavy (non-hydrogen) atoms. The summed E-state index contributed by atoms with van der Waals surface area (Å²) in [7, 11) is 0. The summed E-state index contributed by atoms with van der Waals surface area (Å²) in [5.74, 6) is -0.458. The number of nitrogens with zero attached hydrogens (tertiary/aromatic N) is 2. The highest BCUT2D eigenvalue weighted by Gasteiger charge is 2.23. The molecule has 0 amide bonds. The minimum Gasteiger partial charge on any atom is -0.464 e. The van der Waals surface area contributed by atoms with Crippen LogP contribution in [0.3, 0.4) is 0 Å². The second-order valence-electron chi connectivity index (χ2n) is 4.04. The highest BCUT2D eigenvalue weighted by atomic mass is 32.1. The lowest BCUT2D eigenvalue weighted by atomic mass is 10.2. The van der Waals surface area contributed by atoms with Crippen LogP contribution in [0.4, 0.5) is 11.4 Å². The van der Waals surface area contributed by atoms with E-state index < -0.39 is 16.9 Å². The van der Waals surface area contributed by atoms with Crippen LogP contribution in [0.1, 0.15) is 13.8 Å². The number of ether oxygens (including phenoxy) is 1. The maximum Gasteiger partial charge on any atom is 0.328 e. The Hall–Kier alpha value is -2.22. The number of carbonyl (C=O) groups excluding carboxylic acids is 1. The lowest BCUT2D eigenvalue weighted by Crippen LogP contribution is -2.28.